The summed E-state index contributed by atoms with van der Waals surface area (Å²) >= 11 is 0. The van der Waals surface area contributed by atoms with E-state index in [0.717, 1.165) is 36.5 Å². The van der Waals surface area contributed by atoms with Crippen LogP contribution in [-0.2, 0) is 4.79 Å². The van der Waals surface area contributed by atoms with Gasteiger partial charge in [-0.25, -0.2) is 0 Å². The summed E-state index contributed by atoms with van der Waals surface area (Å²) in [6.07, 6.45) is 4.66. The average Bonchev–Trinajstić information content (AvgIpc) is 2.43. The number of ketones is 1. The van der Waals surface area contributed by atoms with E-state index in [0.29, 0.717) is 5.78 Å². The highest BCUT2D eigenvalue weighted by Crippen LogP contribution is 2.43. The number of rotatable bonds is 4. The fraction of sp³-hybridized carbons (Fsp3) is 0.923. The molecule has 0 radical (unpaired) electrons. The Labute approximate surface area is 88.3 Å². The van der Waals surface area contributed by atoms with Crippen molar-refractivity contribution >= 4 is 5.78 Å². The van der Waals surface area contributed by atoms with Crippen molar-refractivity contribution in [2.45, 2.75) is 53.4 Å². The third kappa shape index (κ3) is 2.83. The third-order valence-electron chi connectivity index (χ3n) is 3.92. The van der Waals surface area contributed by atoms with Gasteiger partial charge in [0.1, 0.15) is 5.78 Å². The standard InChI is InChI=1S/C13H24O/c1-9(2)12-7-5-10(3)13(12)8-6-11(4)14/h9-10,12-13H,5-8H2,1-4H3. The highest BCUT2D eigenvalue weighted by Gasteiger charge is 2.34. The molecule has 0 saturated heterocycles. The van der Waals surface area contributed by atoms with Gasteiger partial charge < -0.3 is 4.79 Å². The van der Waals surface area contributed by atoms with Crippen molar-refractivity contribution in [2.75, 3.05) is 0 Å². The summed E-state index contributed by atoms with van der Waals surface area (Å²) in [6.45, 7) is 8.71. The molecule has 3 unspecified atom stereocenters. The molecule has 1 rings (SSSR count). The predicted octanol–water partition coefficient (Wildman–Crippen LogP) is 3.67. The lowest BCUT2D eigenvalue weighted by Crippen LogP contribution is -2.18. The molecule has 0 aromatic carbocycles. The summed E-state index contributed by atoms with van der Waals surface area (Å²) in [7, 11) is 0. The summed E-state index contributed by atoms with van der Waals surface area (Å²) in [4.78, 5) is 11.0. The summed E-state index contributed by atoms with van der Waals surface area (Å²) in [5.41, 5.74) is 0. The van der Waals surface area contributed by atoms with Crippen LogP contribution in [0.4, 0.5) is 0 Å². The first-order chi connectivity index (χ1) is 6.52. The van der Waals surface area contributed by atoms with E-state index < -0.39 is 0 Å². The quantitative estimate of drug-likeness (QED) is 0.670. The van der Waals surface area contributed by atoms with Crippen LogP contribution in [0, 0.1) is 23.7 Å². The molecule has 0 aliphatic heterocycles. The van der Waals surface area contributed by atoms with Crippen LogP contribution in [-0.4, -0.2) is 5.78 Å². The Balaban J connectivity index is 2.49. The van der Waals surface area contributed by atoms with E-state index in [-0.39, 0.29) is 0 Å². The van der Waals surface area contributed by atoms with Crippen LogP contribution >= 0.6 is 0 Å². The Hall–Kier alpha value is -0.330. The second kappa shape index (κ2) is 4.95. The van der Waals surface area contributed by atoms with Gasteiger partial charge in [0.25, 0.3) is 0 Å². The van der Waals surface area contributed by atoms with E-state index in [1.165, 1.54) is 12.8 Å². The number of hydrogen-bond acceptors (Lipinski definition) is 1. The Bertz CT molecular complexity index is 195. The van der Waals surface area contributed by atoms with Gasteiger partial charge in [0.2, 0.25) is 0 Å². The van der Waals surface area contributed by atoms with Crippen molar-refractivity contribution in [1.82, 2.24) is 0 Å². The van der Waals surface area contributed by atoms with Crippen molar-refractivity contribution in [3.63, 3.8) is 0 Å². The molecule has 1 nitrogen and oxygen atoms in total. The van der Waals surface area contributed by atoms with E-state index in [1.54, 1.807) is 6.92 Å². The minimum absolute atomic E-state index is 0.353. The number of carbonyl (C=O) groups is 1. The van der Waals surface area contributed by atoms with Gasteiger partial charge in [-0.2, -0.15) is 0 Å². The highest BCUT2D eigenvalue weighted by atomic mass is 16.1. The molecule has 0 amide bonds. The maximum Gasteiger partial charge on any atom is 0.129 e. The van der Waals surface area contributed by atoms with Gasteiger partial charge >= 0.3 is 0 Å². The van der Waals surface area contributed by atoms with Crippen molar-refractivity contribution in [3.05, 3.63) is 0 Å². The minimum atomic E-state index is 0.353. The summed E-state index contributed by atoms with van der Waals surface area (Å²) < 4.78 is 0. The second-order valence-corrected chi connectivity index (χ2v) is 5.37. The molecule has 1 aliphatic rings. The zero-order valence-corrected chi connectivity index (χ0v) is 10.0. The van der Waals surface area contributed by atoms with Gasteiger partial charge in [-0.15, -0.1) is 0 Å². The van der Waals surface area contributed by atoms with Crippen LogP contribution in [0.5, 0.6) is 0 Å². The summed E-state index contributed by atoms with van der Waals surface area (Å²) in [5.74, 6) is 3.65. The predicted molar refractivity (Wildman–Crippen MR) is 60.1 cm³/mol. The number of hydrogen-bond donors (Lipinski definition) is 0. The Kier molecular flexibility index (Phi) is 4.15. The Morgan fingerprint density at radius 3 is 2.50 bits per heavy atom. The molecule has 0 aromatic heterocycles. The van der Waals surface area contributed by atoms with Crippen LogP contribution in [0.1, 0.15) is 53.4 Å². The van der Waals surface area contributed by atoms with Crippen molar-refractivity contribution < 1.29 is 4.79 Å². The fourth-order valence-electron chi connectivity index (χ4n) is 3.00. The van der Waals surface area contributed by atoms with Crippen LogP contribution in [0.2, 0.25) is 0 Å². The molecule has 82 valence electrons. The fourth-order valence-corrected chi connectivity index (χ4v) is 3.00. The first kappa shape index (κ1) is 11.7. The van der Waals surface area contributed by atoms with Gasteiger partial charge in [-0.05, 0) is 43.4 Å². The smallest absolute Gasteiger partial charge is 0.129 e. The van der Waals surface area contributed by atoms with Crippen LogP contribution < -0.4 is 0 Å². The zero-order chi connectivity index (χ0) is 10.7. The molecule has 0 heterocycles. The molecule has 1 fully saturated rings. The van der Waals surface area contributed by atoms with Gasteiger partial charge in [0, 0.05) is 6.42 Å². The van der Waals surface area contributed by atoms with E-state index in [1.807, 2.05) is 0 Å². The topological polar surface area (TPSA) is 17.1 Å². The maximum absolute atomic E-state index is 11.0. The molecule has 0 spiro atoms. The molecular formula is C13H24O. The Morgan fingerprint density at radius 2 is 2.00 bits per heavy atom. The molecule has 1 aliphatic carbocycles. The van der Waals surface area contributed by atoms with E-state index in [9.17, 15) is 4.79 Å². The molecule has 1 heteroatoms. The molecule has 1 saturated carbocycles. The lowest BCUT2D eigenvalue weighted by atomic mass is 9.80. The highest BCUT2D eigenvalue weighted by molar-refractivity contribution is 5.75. The first-order valence-corrected chi connectivity index (χ1v) is 6.01. The molecule has 3 atom stereocenters. The number of carbonyl (C=O) groups excluding carboxylic acids is 1. The minimum Gasteiger partial charge on any atom is -0.300 e. The molecule has 0 bridgehead atoms. The number of Topliss-reactive ketones (excluding diaryl/α,β-unsaturated/α-hetero) is 1. The zero-order valence-electron chi connectivity index (χ0n) is 10.0. The van der Waals surface area contributed by atoms with E-state index >= 15 is 0 Å². The molecule has 0 aromatic rings. The summed E-state index contributed by atoms with van der Waals surface area (Å²) in [6, 6.07) is 0. The second-order valence-electron chi connectivity index (χ2n) is 5.37. The third-order valence-corrected chi connectivity index (χ3v) is 3.92. The van der Waals surface area contributed by atoms with E-state index in [4.69, 9.17) is 0 Å². The van der Waals surface area contributed by atoms with E-state index in [2.05, 4.69) is 20.8 Å². The summed E-state index contributed by atoms with van der Waals surface area (Å²) in [5, 5.41) is 0. The van der Waals surface area contributed by atoms with Crippen molar-refractivity contribution in [3.8, 4) is 0 Å². The molecule has 0 N–H and O–H groups in total. The van der Waals surface area contributed by atoms with Crippen LogP contribution in [0.3, 0.4) is 0 Å². The first-order valence-electron chi connectivity index (χ1n) is 6.01. The van der Waals surface area contributed by atoms with Crippen molar-refractivity contribution in [2.24, 2.45) is 23.7 Å². The lowest BCUT2D eigenvalue weighted by molar-refractivity contribution is -0.117. The maximum atomic E-state index is 11.0. The Morgan fingerprint density at radius 1 is 1.36 bits per heavy atom. The van der Waals surface area contributed by atoms with Crippen LogP contribution in [0.25, 0.3) is 0 Å². The van der Waals surface area contributed by atoms with Crippen molar-refractivity contribution in [1.29, 1.82) is 0 Å². The van der Waals surface area contributed by atoms with Crippen LogP contribution in [0.15, 0.2) is 0 Å². The normalized spacial score (nSPS) is 32.5. The molecular weight excluding hydrogens is 172 g/mol. The van der Waals surface area contributed by atoms with Gasteiger partial charge in [0.05, 0.1) is 0 Å². The largest absolute Gasteiger partial charge is 0.300 e. The average molecular weight is 196 g/mol. The SMILES string of the molecule is CC(=O)CCC1C(C)CCC1C(C)C. The molecule has 14 heavy (non-hydrogen) atoms. The lowest BCUT2D eigenvalue weighted by Gasteiger charge is -2.25. The van der Waals surface area contributed by atoms with Gasteiger partial charge in [-0.1, -0.05) is 27.2 Å². The van der Waals surface area contributed by atoms with Gasteiger partial charge in [-0.3, -0.25) is 0 Å². The monoisotopic (exact) mass is 196 g/mol. The van der Waals surface area contributed by atoms with Gasteiger partial charge in [0.15, 0.2) is 0 Å².